The van der Waals surface area contributed by atoms with E-state index in [2.05, 4.69) is 20.3 Å². The maximum absolute atomic E-state index is 13.5. The molecule has 0 fully saturated rings. The van der Waals surface area contributed by atoms with Crippen LogP contribution >= 0.6 is 0 Å². The first-order chi connectivity index (χ1) is 15.7. The van der Waals surface area contributed by atoms with Gasteiger partial charge in [-0.2, -0.15) is 17.7 Å². The number of hydrogen-bond acceptors (Lipinski definition) is 5. The highest BCUT2D eigenvalue weighted by molar-refractivity contribution is 5.60. The van der Waals surface area contributed by atoms with E-state index in [-0.39, 0.29) is 11.5 Å². The first kappa shape index (κ1) is 21.3. The monoisotopic (exact) mass is 456 g/mol. The number of nitrogens with zero attached hydrogens (tertiary/aromatic N) is 6. The fourth-order valence-corrected chi connectivity index (χ4v) is 4.23. The van der Waals surface area contributed by atoms with E-state index in [0.717, 1.165) is 32.5 Å². The van der Waals surface area contributed by atoms with Crippen molar-refractivity contribution in [3.63, 3.8) is 0 Å². The smallest absolute Gasteiger partial charge is 0.350 e. The van der Waals surface area contributed by atoms with Crippen molar-refractivity contribution in [1.82, 2.24) is 24.8 Å². The third-order valence-corrected chi connectivity index (χ3v) is 6.02. The molecule has 4 heterocycles. The van der Waals surface area contributed by atoms with Gasteiger partial charge in [0, 0.05) is 42.5 Å². The van der Waals surface area contributed by atoms with Crippen LogP contribution in [0.2, 0.25) is 0 Å². The van der Waals surface area contributed by atoms with Gasteiger partial charge in [-0.1, -0.05) is 18.2 Å². The molecule has 0 spiro atoms. The Morgan fingerprint density at radius 2 is 1.85 bits per heavy atom. The topological polar surface area (TPSA) is 59.2 Å². The second-order valence-electron chi connectivity index (χ2n) is 8.26. The first-order valence-corrected chi connectivity index (χ1v) is 10.5. The normalized spacial score (nSPS) is 14.1. The summed E-state index contributed by atoms with van der Waals surface area (Å²) in [6, 6.07) is 8.46. The number of pyridine rings is 1. The zero-order valence-corrected chi connectivity index (χ0v) is 18.0. The summed E-state index contributed by atoms with van der Waals surface area (Å²) in [5.41, 5.74) is 5.17. The molecule has 0 amide bonds. The molecule has 0 aliphatic carbocycles. The van der Waals surface area contributed by atoms with Crippen molar-refractivity contribution >= 4 is 11.5 Å². The van der Waals surface area contributed by atoms with Gasteiger partial charge >= 0.3 is 6.18 Å². The lowest BCUT2D eigenvalue weighted by Crippen LogP contribution is -2.33. The minimum atomic E-state index is -4.66. The van der Waals surface area contributed by atoms with Crippen molar-refractivity contribution in [3.8, 4) is 0 Å². The molecule has 5 rings (SSSR count). The second-order valence-corrected chi connectivity index (χ2v) is 8.26. The molecule has 1 aliphatic heterocycles. The van der Waals surface area contributed by atoms with Crippen molar-refractivity contribution in [2.24, 2.45) is 0 Å². The van der Waals surface area contributed by atoms with Crippen LogP contribution in [0.25, 0.3) is 5.65 Å². The maximum Gasteiger partial charge on any atom is 0.453 e. The van der Waals surface area contributed by atoms with E-state index in [4.69, 9.17) is 0 Å². The Labute approximate surface area is 186 Å². The second kappa shape index (κ2) is 7.79. The van der Waals surface area contributed by atoms with Crippen LogP contribution in [0.5, 0.6) is 0 Å². The molecule has 0 bridgehead atoms. The van der Waals surface area contributed by atoms with E-state index in [1.807, 2.05) is 24.0 Å². The van der Waals surface area contributed by atoms with E-state index in [1.165, 1.54) is 12.1 Å². The van der Waals surface area contributed by atoms with Crippen LogP contribution in [-0.2, 0) is 25.6 Å². The molecule has 3 aromatic heterocycles. The van der Waals surface area contributed by atoms with E-state index in [9.17, 15) is 17.6 Å². The van der Waals surface area contributed by atoms with Gasteiger partial charge in [0.25, 0.3) is 5.82 Å². The molecule has 4 aromatic rings. The summed E-state index contributed by atoms with van der Waals surface area (Å²) in [4.78, 5) is 6.54. The largest absolute Gasteiger partial charge is 0.453 e. The molecule has 1 aromatic carbocycles. The molecule has 1 aliphatic rings. The Balaban J connectivity index is 1.49. The summed E-state index contributed by atoms with van der Waals surface area (Å²) < 4.78 is 54.5. The summed E-state index contributed by atoms with van der Waals surface area (Å²) >= 11 is 0. The van der Waals surface area contributed by atoms with Crippen molar-refractivity contribution < 1.29 is 17.6 Å². The number of fused-ring (bicyclic) bond motifs is 2. The van der Waals surface area contributed by atoms with Crippen molar-refractivity contribution in [2.75, 3.05) is 11.4 Å². The lowest BCUT2D eigenvalue weighted by Gasteiger charge is -2.31. The fraction of sp³-hybridized carbons (Fsp3) is 0.304. The standard InChI is InChI=1S/C23H20F4N6/c1-13-14(2)21(31-33-20(13)29-30-22(33)23(25,26)27)32-7-6-19-17(12-32)9-16(11-28-19)8-15-4-3-5-18(24)10-15/h3-5,9-11H,6-8,12H2,1-2H3. The first-order valence-electron chi connectivity index (χ1n) is 10.5. The van der Waals surface area contributed by atoms with Crippen LogP contribution in [0, 0.1) is 19.7 Å². The quantitative estimate of drug-likeness (QED) is 0.427. The zero-order valence-electron chi connectivity index (χ0n) is 18.0. The number of anilines is 1. The summed E-state index contributed by atoms with van der Waals surface area (Å²) in [5.74, 6) is -0.964. The van der Waals surface area contributed by atoms with E-state index in [1.54, 1.807) is 19.2 Å². The van der Waals surface area contributed by atoms with Gasteiger partial charge in [-0.25, -0.2) is 4.39 Å². The SMILES string of the molecule is Cc1c(N2CCc3ncc(Cc4cccc(F)c4)cc3C2)nn2c(C(F)(F)F)nnc2c1C. The molecular weight excluding hydrogens is 436 g/mol. The minimum absolute atomic E-state index is 0.0973. The predicted molar refractivity (Wildman–Crippen MR) is 113 cm³/mol. The molecule has 0 radical (unpaired) electrons. The third kappa shape index (κ3) is 3.90. The van der Waals surface area contributed by atoms with Gasteiger partial charge in [-0.15, -0.1) is 15.3 Å². The molecule has 0 atom stereocenters. The summed E-state index contributed by atoms with van der Waals surface area (Å²) in [6.07, 6.45) is -1.68. The van der Waals surface area contributed by atoms with Crippen molar-refractivity contribution in [1.29, 1.82) is 0 Å². The predicted octanol–water partition coefficient (Wildman–Crippen LogP) is 4.45. The highest BCUT2D eigenvalue weighted by atomic mass is 19.4. The van der Waals surface area contributed by atoms with Gasteiger partial charge in [-0.3, -0.25) is 4.98 Å². The number of alkyl halides is 3. The maximum atomic E-state index is 13.5. The number of halogens is 4. The molecular formula is C23H20F4N6. The van der Waals surface area contributed by atoms with E-state index in [0.29, 0.717) is 37.3 Å². The fourth-order valence-electron chi connectivity index (χ4n) is 4.23. The molecule has 33 heavy (non-hydrogen) atoms. The lowest BCUT2D eigenvalue weighted by atomic mass is 10.00. The van der Waals surface area contributed by atoms with Gasteiger partial charge in [0.1, 0.15) is 5.82 Å². The number of aryl methyl sites for hydroxylation is 1. The highest BCUT2D eigenvalue weighted by Crippen LogP contribution is 2.32. The summed E-state index contributed by atoms with van der Waals surface area (Å²) in [7, 11) is 0. The molecule has 0 saturated heterocycles. The van der Waals surface area contributed by atoms with Crippen LogP contribution in [0.3, 0.4) is 0 Å². The minimum Gasteiger partial charge on any atom is -0.350 e. The van der Waals surface area contributed by atoms with Crippen LogP contribution in [-0.4, -0.2) is 31.3 Å². The Morgan fingerprint density at radius 1 is 1.03 bits per heavy atom. The van der Waals surface area contributed by atoms with Gasteiger partial charge in [0.05, 0.1) is 0 Å². The zero-order chi connectivity index (χ0) is 23.3. The van der Waals surface area contributed by atoms with Crippen LogP contribution in [0.1, 0.15) is 39.3 Å². The number of rotatable bonds is 3. The number of aromatic nitrogens is 5. The van der Waals surface area contributed by atoms with Gasteiger partial charge in [0.2, 0.25) is 0 Å². The lowest BCUT2D eigenvalue weighted by molar-refractivity contribution is -0.146. The van der Waals surface area contributed by atoms with E-state index >= 15 is 0 Å². The van der Waals surface area contributed by atoms with Crippen molar-refractivity contribution in [3.05, 3.63) is 81.7 Å². The van der Waals surface area contributed by atoms with Crippen LogP contribution in [0.15, 0.2) is 36.5 Å². The van der Waals surface area contributed by atoms with Crippen molar-refractivity contribution in [2.45, 2.75) is 39.4 Å². The Bertz CT molecular complexity index is 1360. The van der Waals surface area contributed by atoms with Gasteiger partial charge in [-0.05, 0) is 49.1 Å². The molecule has 170 valence electrons. The summed E-state index contributed by atoms with van der Waals surface area (Å²) in [5, 5.41) is 11.3. The third-order valence-electron chi connectivity index (χ3n) is 6.02. The van der Waals surface area contributed by atoms with Crippen LogP contribution < -0.4 is 4.90 Å². The molecule has 0 N–H and O–H groups in total. The molecule has 0 unspecified atom stereocenters. The molecule has 0 saturated carbocycles. The Morgan fingerprint density at radius 3 is 2.61 bits per heavy atom. The number of hydrogen-bond donors (Lipinski definition) is 0. The average molecular weight is 456 g/mol. The number of benzene rings is 1. The molecule has 6 nitrogen and oxygen atoms in total. The van der Waals surface area contributed by atoms with Crippen LogP contribution in [0.4, 0.5) is 23.4 Å². The van der Waals surface area contributed by atoms with Gasteiger partial charge < -0.3 is 4.90 Å². The average Bonchev–Trinajstić information content (AvgIpc) is 3.20. The summed E-state index contributed by atoms with van der Waals surface area (Å²) in [6.45, 7) is 4.59. The Hall–Kier alpha value is -3.56. The van der Waals surface area contributed by atoms with E-state index < -0.39 is 12.0 Å². The highest BCUT2D eigenvalue weighted by Gasteiger charge is 2.38. The Kier molecular flexibility index (Phi) is 5.02. The molecule has 10 heteroatoms. The van der Waals surface area contributed by atoms with Gasteiger partial charge in [0.15, 0.2) is 11.5 Å².